The van der Waals surface area contributed by atoms with Crippen molar-refractivity contribution in [3.63, 3.8) is 0 Å². The van der Waals surface area contributed by atoms with Crippen LogP contribution < -0.4 is 5.73 Å². The van der Waals surface area contributed by atoms with Gasteiger partial charge in [0.05, 0.1) is 0 Å². The Balaban J connectivity index is 1.77. The molecule has 2 N–H and O–H groups in total. The molecule has 3 unspecified atom stereocenters. The number of nitrogens with zero attached hydrogens (tertiary/aromatic N) is 1. The highest BCUT2D eigenvalue weighted by atomic mass is 15.1. The smallest absolute Gasteiger partial charge is 0.00795 e. The van der Waals surface area contributed by atoms with Gasteiger partial charge in [-0.15, -0.1) is 0 Å². The fraction of sp³-hybridized carbons (Fsp3) is 1.00. The quantitative estimate of drug-likeness (QED) is 0.827. The molecule has 1 heterocycles. The molecular weight excluding hydrogens is 244 g/mol. The second-order valence-electron chi connectivity index (χ2n) is 7.77. The van der Waals surface area contributed by atoms with Crippen LogP contribution in [0.25, 0.3) is 0 Å². The molecule has 1 aliphatic heterocycles. The molecule has 2 heteroatoms. The molecule has 2 fully saturated rings. The number of hydrogen-bond donors (Lipinski definition) is 1. The Hall–Kier alpha value is -0.0800. The first-order valence-corrected chi connectivity index (χ1v) is 9.08. The summed E-state index contributed by atoms with van der Waals surface area (Å²) in [5, 5.41) is 0. The van der Waals surface area contributed by atoms with Gasteiger partial charge in [0.25, 0.3) is 0 Å². The van der Waals surface area contributed by atoms with Crippen LogP contribution in [-0.4, -0.2) is 30.6 Å². The molecule has 0 radical (unpaired) electrons. The van der Waals surface area contributed by atoms with Gasteiger partial charge in [-0.3, -0.25) is 0 Å². The standard InChI is InChI=1S/C18H36N2/c1-4-5-15-8-10-20(11-9-15)13-17-12-16(14(2)3)6-7-18(17)19/h14-18H,4-13,19H2,1-3H3. The van der Waals surface area contributed by atoms with Crippen LogP contribution in [0.3, 0.4) is 0 Å². The molecule has 2 rings (SSSR count). The Morgan fingerprint density at radius 1 is 1.10 bits per heavy atom. The Kier molecular flexibility index (Phi) is 6.35. The summed E-state index contributed by atoms with van der Waals surface area (Å²) in [6.07, 6.45) is 9.61. The predicted octanol–water partition coefficient (Wildman–Crippen LogP) is 3.90. The third-order valence-electron chi connectivity index (χ3n) is 5.92. The van der Waals surface area contributed by atoms with Crippen LogP contribution in [0.4, 0.5) is 0 Å². The summed E-state index contributed by atoms with van der Waals surface area (Å²) in [6.45, 7) is 11.0. The van der Waals surface area contributed by atoms with Gasteiger partial charge in [0, 0.05) is 12.6 Å². The molecule has 1 saturated carbocycles. The van der Waals surface area contributed by atoms with Crippen molar-refractivity contribution in [2.24, 2.45) is 29.4 Å². The monoisotopic (exact) mass is 280 g/mol. The zero-order valence-electron chi connectivity index (χ0n) is 14.0. The van der Waals surface area contributed by atoms with Crippen molar-refractivity contribution < 1.29 is 0 Å². The first-order valence-electron chi connectivity index (χ1n) is 9.08. The van der Waals surface area contributed by atoms with Crippen molar-refractivity contribution in [1.29, 1.82) is 0 Å². The Morgan fingerprint density at radius 2 is 1.80 bits per heavy atom. The molecule has 2 aliphatic rings. The molecule has 0 spiro atoms. The summed E-state index contributed by atoms with van der Waals surface area (Å²) in [4.78, 5) is 2.71. The van der Waals surface area contributed by atoms with Crippen LogP contribution in [0.5, 0.6) is 0 Å². The van der Waals surface area contributed by atoms with Crippen molar-refractivity contribution >= 4 is 0 Å². The molecule has 0 bridgehead atoms. The largest absolute Gasteiger partial charge is 0.327 e. The highest BCUT2D eigenvalue weighted by molar-refractivity contribution is 4.86. The maximum Gasteiger partial charge on any atom is 0.00795 e. The summed E-state index contributed by atoms with van der Waals surface area (Å²) in [6, 6.07) is 0.457. The number of nitrogens with two attached hydrogens (primary N) is 1. The minimum Gasteiger partial charge on any atom is -0.327 e. The molecule has 0 aromatic carbocycles. The van der Waals surface area contributed by atoms with Gasteiger partial charge in [0.2, 0.25) is 0 Å². The second-order valence-corrected chi connectivity index (χ2v) is 7.77. The minimum absolute atomic E-state index is 0.457. The van der Waals surface area contributed by atoms with E-state index in [0.29, 0.717) is 6.04 Å². The maximum atomic E-state index is 6.41. The molecule has 0 aromatic rings. The fourth-order valence-corrected chi connectivity index (χ4v) is 4.34. The number of piperidine rings is 1. The van der Waals surface area contributed by atoms with Gasteiger partial charge in [-0.05, 0) is 68.9 Å². The van der Waals surface area contributed by atoms with E-state index in [2.05, 4.69) is 25.7 Å². The zero-order valence-corrected chi connectivity index (χ0v) is 14.0. The second kappa shape index (κ2) is 7.79. The van der Waals surface area contributed by atoms with Gasteiger partial charge in [-0.1, -0.05) is 33.6 Å². The molecule has 118 valence electrons. The topological polar surface area (TPSA) is 29.3 Å². The third-order valence-corrected chi connectivity index (χ3v) is 5.92. The summed E-state index contributed by atoms with van der Waals surface area (Å²) in [7, 11) is 0. The Labute approximate surface area is 126 Å². The molecule has 1 saturated heterocycles. The predicted molar refractivity (Wildman–Crippen MR) is 87.7 cm³/mol. The van der Waals surface area contributed by atoms with Gasteiger partial charge < -0.3 is 10.6 Å². The Morgan fingerprint density at radius 3 is 2.40 bits per heavy atom. The van der Waals surface area contributed by atoms with Crippen LogP contribution in [0.1, 0.15) is 65.7 Å². The number of hydrogen-bond acceptors (Lipinski definition) is 2. The van der Waals surface area contributed by atoms with E-state index in [1.165, 1.54) is 64.6 Å². The van der Waals surface area contributed by atoms with Gasteiger partial charge in [0.15, 0.2) is 0 Å². The van der Waals surface area contributed by atoms with Crippen LogP contribution >= 0.6 is 0 Å². The lowest BCUT2D eigenvalue weighted by atomic mass is 9.73. The molecule has 3 atom stereocenters. The van der Waals surface area contributed by atoms with Crippen LogP contribution in [-0.2, 0) is 0 Å². The van der Waals surface area contributed by atoms with E-state index in [1.807, 2.05) is 0 Å². The molecule has 1 aliphatic carbocycles. The molecule has 20 heavy (non-hydrogen) atoms. The van der Waals surface area contributed by atoms with E-state index in [-0.39, 0.29) is 0 Å². The van der Waals surface area contributed by atoms with Crippen molar-refractivity contribution in [1.82, 2.24) is 4.90 Å². The van der Waals surface area contributed by atoms with Crippen LogP contribution in [0.2, 0.25) is 0 Å². The summed E-state index contributed by atoms with van der Waals surface area (Å²) in [5.41, 5.74) is 6.41. The lowest BCUT2D eigenvalue weighted by Crippen LogP contribution is -2.45. The molecule has 0 aromatic heterocycles. The zero-order chi connectivity index (χ0) is 14.5. The van der Waals surface area contributed by atoms with Crippen molar-refractivity contribution in [2.45, 2.75) is 71.8 Å². The van der Waals surface area contributed by atoms with Crippen molar-refractivity contribution in [3.05, 3.63) is 0 Å². The van der Waals surface area contributed by atoms with Crippen LogP contribution in [0, 0.1) is 23.7 Å². The van der Waals surface area contributed by atoms with Gasteiger partial charge in [0.1, 0.15) is 0 Å². The maximum absolute atomic E-state index is 6.41. The average molecular weight is 281 g/mol. The van der Waals surface area contributed by atoms with Gasteiger partial charge in [-0.2, -0.15) is 0 Å². The first-order chi connectivity index (χ1) is 9.60. The van der Waals surface area contributed by atoms with E-state index in [1.54, 1.807) is 0 Å². The third kappa shape index (κ3) is 4.46. The molecule has 2 nitrogen and oxygen atoms in total. The lowest BCUT2D eigenvalue weighted by Gasteiger charge is -2.40. The number of likely N-dealkylation sites (tertiary alicyclic amines) is 1. The highest BCUT2D eigenvalue weighted by Gasteiger charge is 2.31. The lowest BCUT2D eigenvalue weighted by molar-refractivity contribution is 0.108. The van der Waals surface area contributed by atoms with Crippen LogP contribution in [0.15, 0.2) is 0 Å². The molecular formula is C18H36N2. The SMILES string of the molecule is CCCC1CCN(CC2CC(C(C)C)CCC2N)CC1. The van der Waals surface area contributed by atoms with E-state index in [4.69, 9.17) is 5.73 Å². The Bertz CT molecular complexity index is 269. The molecule has 0 amide bonds. The first kappa shape index (κ1) is 16.3. The van der Waals surface area contributed by atoms with Gasteiger partial charge in [-0.25, -0.2) is 0 Å². The number of rotatable bonds is 5. The van der Waals surface area contributed by atoms with Crippen molar-refractivity contribution in [2.75, 3.05) is 19.6 Å². The van der Waals surface area contributed by atoms with Gasteiger partial charge >= 0.3 is 0 Å². The summed E-state index contributed by atoms with van der Waals surface area (Å²) < 4.78 is 0. The normalized spacial score (nSPS) is 33.8. The van der Waals surface area contributed by atoms with E-state index >= 15 is 0 Å². The minimum atomic E-state index is 0.457. The van der Waals surface area contributed by atoms with Crippen molar-refractivity contribution in [3.8, 4) is 0 Å². The summed E-state index contributed by atoms with van der Waals surface area (Å²) >= 11 is 0. The average Bonchev–Trinajstić information content (AvgIpc) is 2.43. The van der Waals surface area contributed by atoms with E-state index in [0.717, 1.165) is 23.7 Å². The highest BCUT2D eigenvalue weighted by Crippen LogP contribution is 2.34. The van der Waals surface area contributed by atoms with E-state index < -0.39 is 0 Å². The van der Waals surface area contributed by atoms with E-state index in [9.17, 15) is 0 Å². The summed E-state index contributed by atoms with van der Waals surface area (Å²) in [5.74, 6) is 3.50. The fourth-order valence-electron chi connectivity index (χ4n) is 4.34.